The van der Waals surface area contributed by atoms with Gasteiger partial charge in [-0.15, -0.1) is 11.3 Å². The number of carbonyl (C=O) groups is 1. The number of hydrogen-bond acceptors (Lipinski definition) is 5. The number of rotatable bonds is 9. The standard InChI is InChI=1S/C27H25Cl2N3O2S/c1-31(14-13-18-5-12-23(28)24(29)15-18)22-10-8-20(9-11-22)25-17-35-27(30-25)32(2)16-19-3-6-21(7-4-19)26(33)34/h3-12,15,17H,13-14,16H2,1-2H3,(H,33,34). The van der Waals surface area contributed by atoms with Crippen LogP contribution in [0.3, 0.4) is 0 Å². The van der Waals surface area contributed by atoms with Gasteiger partial charge in [0.15, 0.2) is 5.13 Å². The summed E-state index contributed by atoms with van der Waals surface area (Å²) in [4.78, 5) is 20.1. The SMILES string of the molecule is CN(CCc1ccc(Cl)c(Cl)c1)c1ccc(-c2csc(N(C)Cc3ccc(C(=O)O)cc3)n2)cc1. The van der Waals surface area contributed by atoms with E-state index in [4.69, 9.17) is 33.3 Å². The van der Waals surface area contributed by atoms with Gasteiger partial charge in [-0.25, -0.2) is 9.78 Å². The molecule has 3 aromatic carbocycles. The van der Waals surface area contributed by atoms with Gasteiger partial charge in [0.2, 0.25) is 0 Å². The summed E-state index contributed by atoms with van der Waals surface area (Å²) in [6, 6.07) is 21.1. The Morgan fingerprint density at radius 1 is 0.914 bits per heavy atom. The second kappa shape index (κ2) is 11.1. The number of anilines is 2. The second-order valence-electron chi connectivity index (χ2n) is 8.34. The number of hydrogen-bond donors (Lipinski definition) is 1. The summed E-state index contributed by atoms with van der Waals surface area (Å²) in [6.07, 6.45) is 0.871. The maximum Gasteiger partial charge on any atom is 0.335 e. The molecule has 0 fully saturated rings. The van der Waals surface area contributed by atoms with E-state index in [2.05, 4.69) is 46.5 Å². The van der Waals surface area contributed by atoms with Gasteiger partial charge in [0.05, 0.1) is 21.3 Å². The zero-order valence-corrected chi connectivity index (χ0v) is 21.7. The zero-order chi connectivity index (χ0) is 24.9. The first-order valence-electron chi connectivity index (χ1n) is 11.0. The molecule has 1 aromatic heterocycles. The summed E-state index contributed by atoms with van der Waals surface area (Å²) < 4.78 is 0. The molecule has 0 bridgehead atoms. The van der Waals surface area contributed by atoms with E-state index in [0.717, 1.165) is 46.2 Å². The smallest absolute Gasteiger partial charge is 0.335 e. The van der Waals surface area contributed by atoms with Gasteiger partial charge in [-0.3, -0.25) is 0 Å². The lowest BCUT2D eigenvalue weighted by Gasteiger charge is -2.19. The van der Waals surface area contributed by atoms with Crippen molar-refractivity contribution >= 4 is 51.3 Å². The van der Waals surface area contributed by atoms with Gasteiger partial charge in [0, 0.05) is 43.8 Å². The number of aromatic carboxylic acids is 1. The molecular formula is C27H25Cl2N3O2S. The fraction of sp³-hybridized carbons (Fsp3) is 0.185. The summed E-state index contributed by atoms with van der Waals surface area (Å²) in [5.74, 6) is -0.918. The highest BCUT2D eigenvalue weighted by Gasteiger charge is 2.11. The number of halogens is 2. The minimum atomic E-state index is -0.918. The highest BCUT2D eigenvalue weighted by atomic mass is 35.5. The Labute approximate surface area is 219 Å². The van der Waals surface area contributed by atoms with Gasteiger partial charge in [0.25, 0.3) is 0 Å². The van der Waals surface area contributed by atoms with Gasteiger partial charge < -0.3 is 14.9 Å². The molecule has 0 aliphatic carbocycles. The monoisotopic (exact) mass is 525 g/mol. The summed E-state index contributed by atoms with van der Waals surface area (Å²) in [5, 5.41) is 13.2. The van der Waals surface area contributed by atoms with Crippen molar-refractivity contribution in [3.8, 4) is 11.3 Å². The second-order valence-corrected chi connectivity index (χ2v) is 9.99. The van der Waals surface area contributed by atoms with Crippen LogP contribution in [0.5, 0.6) is 0 Å². The topological polar surface area (TPSA) is 56.7 Å². The Kier molecular flexibility index (Phi) is 7.96. The Bertz CT molecular complexity index is 1310. The largest absolute Gasteiger partial charge is 0.478 e. The van der Waals surface area contributed by atoms with Crippen molar-refractivity contribution in [3.63, 3.8) is 0 Å². The van der Waals surface area contributed by atoms with Crippen LogP contribution < -0.4 is 9.80 Å². The van der Waals surface area contributed by atoms with Crippen molar-refractivity contribution < 1.29 is 9.90 Å². The fourth-order valence-corrected chi connectivity index (χ4v) is 4.80. The molecule has 0 spiro atoms. The van der Waals surface area contributed by atoms with E-state index in [1.165, 1.54) is 0 Å². The number of thiazole rings is 1. The van der Waals surface area contributed by atoms with Crippen molar-refractivity contribution in [1.29, 1.82) is 0 Å². The van der Waals surface area contributed by atoms with Crippen LogP contribution in [-0.4, -0.2) is 36.7 Å². The van der Waals surface area contributed by atoms with Crippen molar-refractivity contribution in [2.24, 2.45) is 0 Å². The zero-order valence-electron chi connectivity index (χ0n) is 19.4. The summed E-state index contributed by atoms with van der Waals surface area (Å²) in [5.41, 5.74) is 5.60. The molecule has 0 saturated heterocycles. The third-order valence-electron chi connectivity index (χ3n) is 5.76. The van der Waals surface area contributed by atoms with Gasteiger partial charge >= 0.3 is 5.97 Å². The van der Waals surface area contributed by atoms with Crippen LogP contribution in [0.25, 0.3) is 11.3 Å². The Balaban J connectivity index is 1.36. The Morgan fingerprint density at radius 2 is 1.60 bits per heavy atom. The maximum absolute atomic E-state index is 11.0. The van der Waals surface area contributed by atoms with E-state index in [1.54, 1.807) is 23.5 Å². The first-order valence-corrected chi connectivity index (χ1v) is 12.7. The number of aromatic nitrogens is 1. The van der Waals surface area contributed by atoms with Crippen molar-refractivity contribution in [1.82, 2.24) is 4.98 Å². The average molecular weight is 526 g/mol. The van der Waals surface area contributed by atoms with Crippen LogP contribution in [0.1, 0.15) is 21.5 Å². The summed E-state index contributed by atoms with van der Waals surface area (Å²) in [7, 11) is 4.06. The van der Waals surface area contributed by atoms with E-state index in [9.17, 15) is 4.79 Å². The Hall–Kier alpha value is -3.06. The van der Waals surface area contributed by atoms with Crippen LogP contribution >= 0.6 is 34.5 Å². The van der Waals surface area contributed by atoms with E-state index in [-0.39, 0.29) is 5.56 Å². The molecule has 0 amide bonds. The quantitative estimate of drug-likeness (QED) is 0.252. The van der Waals surface area contributed by atoms with Gasteiger partial charge in [-0.2, -0.15) is 0 Å². The van der Waals surface area contributed by atoms with Crippen LogP contribution in [0, 0.1) is 0 Å². The maximum atomic E-state index is 11.0. The molecule has 4 aromatic rings. The van der Waals surface area contributed by atoms with Gasteiger partial charge in [-0.05, 0) is 53.9 Å². The highest BCUT2D eigenvalue weighted by molar-refractivity contribution is 7.14. The average Bonchev–Trinajstić information content (AvgIpc) is 3.35. The number of carboxylic acid groups (broad SMARTS) is 1. The molecular weight excluding hydrogens is 501 g/mol. The normalized spacial score (nSPS) is 10.9. The third kappa shape index (κ3) is 6.34. The lowest BCUT2D eigenvalue weighted by Crippen LogP contribution is -2.20. The molecule has 4 rings (SSSR count). The molecule has 0 aliphatic rings. The van der Waals surface area contributed by atoms with E-state index in [1.807, 2.05) is 37.4 Å². The molecule has 0 radical (unpaired) electrons. The highest BCUT2D eigenvalue weighted by Crippen LogP contribution is 2.29. The van der Waals surface area contributed by atoms with E-state index < -0.39 is 5.97 Å². The first kappa shape index (κ1) is 25.0. The number of likely N-dealkylation sites (N-methyl/N-ethyl adjacent to an activating group) is 1. The minimum absolute atomic E-state index is 0.288. The van der Waals surface area contributed by atoms with Crippen molar-refractivity contribution in [2.45, 2.75) is 13.0 Å². The molecule has 35 heavy (non-hydrogen) atoms. The number of nitrogens with zero attached hydrogens (tertiary/aromatic N) is 3. The molecule has 1 N–H and O–H groups in total. The van der Waals surface area contributed by atoms with Crippen LogP contribution in [0.4, 0.5) is 10.8 Å². The van der Waals surface area contributed by atoms with Crippen molar-refractivity contribution in [3.05, 3.63) is 98.8 Å². The summed E-state index contributed by atoms with van der Waals surface area (Å²) in [6.45, 7) is 1.51. The van der Waals surface area contributed by atoms with E-state index in [0.29, 0.717) is 16.6 Å². The molecule has 8 heteroatoms. The molecule has 0 unspecified atom stereocenters. The van der Waals surface area contributed by atoms with Gasteiger partial charge in [-0.1, -0.05) is 53.5 Å². The van der Waals surface area contributed by atoms with Crippen LogP contribution in [-0.2, 0) is 13.0 Å². The summed E-state index contributed by atoms with van der Waals surface area (Å²) >= 11 is 13.7. The molecule has 0 atom stereocenters. The molecule has 0 aliphatic heterocycles. The Morgan fingerprint density at radius 3 is 2.26 bits per heavy atom. The number of benzene rings is 3. The molecule has 180 valence electrons. The molecule has 1 heterocycles. The lowest BCUT2D eigenvalue weighted by atomic mass is 10.1. The third-order valence-corrected chi connectivity index (χ3v) is 7.46. The fourth-order valence-electron chi connectivity index (χ4n) is 3.67. The van der Waals surface area contributed by atoms with Gasteiger partial charge in [0.1, 0.15) is 0 Å². The predicted molar refractivity (Wildman–Crippen MR) is 146 cm³/mol. The van der Waals surface area contributed by atoms with E-state index >= 15 is 0 Å². The number of carboxylic acids is 1. The van der Waals surface area contributed by atoms with Crippen molar-refractivity contribution in [2.75, 3.05) is 30.4 Å². The first-order chi connectivity index (χ1) is 16.8. The van der Waals surface area contributed by atoms with Crippen LogP contribution in [0.15, 0.2) is 72.1 Å². The molecule has 0 saturated carbocycles. The molecule has 5 nitrogen and oxygen atoms in total. The lowest BCUT2D eigenvalue weighted by molar-refractivity contribution is 0.0697. The minimum Gasteiger partial charge on any atom is -0.478 e. The van der Waals surface area contributed by atoms with Crippen LogP contribution in [0.2, 0.25) is 10.0 Å². The predicted octanol–water partition coefficient (Wildman–Crippen LogP) is 7.13.